The van der Waals surface area contributed by atoms with Crippen molar-refractivity contribution in [2.45, 2.75) is 59.0 Å². The maximum absolute atomic E-state index is 5.59. The number of nitrogens with one attached hydrogen (secondary N) is 1. The predicted octanol–water partition coefficient (Wildman–Crippen LogP) is 4.53. The number of rotatable bonds is 3. The van der Waals surface area contributed by atoms with E-state index in [0.717, 1.165) is 11.3 Å². The lowest BCUT2D eigenvalue weighted by Crippen LogP contribution is -2.35. The Kier molecular flexibility index (Phi) is 4.24. The molecule has 0 bridgehead atoms. The van der Waals surface area contributed by atoms with Gasteiger partial charge in [-0.2, -0.15) is 0 Å². The highest BCUT2D eigenvalue weighted by Gasteiger charge is 2.15. The van der Waals surface area contributed by atoms with Crippen LogP contribution >= 0.6 is 0 Å². The molecular weight excluding hydrogens is 260 g/mol. The molecule has 0 saturated carbocycles. The Morgan fingerprint density at radius 3 is 2.14 bits per heavy atom. The van der Waals surface area contributed by atoms with E-state index < -0.39 is 0 Å². The van der Waals surface area contributed by atoms with Crippen LogP contribution in [0.15, 0.2) is 34.9 Å². The molecule has 0 radical (unpaired) electrons. The zero-order valence-electron chi connectivity index (χ0n) is 13.9. The SMILES string of the molecule is CC(C)(C)NCc1coc(-c2ccc(C(C)(C)C)cc2)n1. The Morgan fingerprint density at radius 1 is 1.00 bits per heavy atom. The first-order valence-electron chi connectivity index (χ1n) is 7.45. The van der Waals surface area contributed by atoms with Crippen molar-refractivity contribution in [1.29, 1.82) is 0 Å². The van der Waals surface area contributed by atoms with Gasteiger partial charge in [0.15, 0.2) is 0 Å². The van der Waals surface area contributed by atoms with Gasteiger partial charge in [-0.25, -0.2) is 4.98 Å². The lowest BCUT2D eigenvalue weighted by molar-refractivity contribution is 0.421. The van der Waals surface area contributed by atoms with E-state index >= 15 is 0 Å². The lowest BCUT2D eigenvalue weighted by Gasteiger charge is -2.19. The summed E-state index contributed by atoms with van der Waals surface area (Å²) in [5, 5.41) is 3.41. The third-order valence-corrected chi connectivity index (χ3v) is 3.35. The van der Waals surface area contributed by atoms with Crippen LogP contribution in [0.25, 0.3) is 11.5 Å². The summed E-state index contributed by atoms with van der Waals surface area (Å²) in [6.07, 6.45) is 1.73. The fourth-order valence-corrected chi connectivity index (χ4v) is 1.99. The maximum Gasteiger partial charge on any atom is 0.226 e. The molecule has 0 saturated heterocycles. The number of benzene rings is 1. The second kappa shape index (κ2) is 5.64. The highest BCUT2D eigenvalue weighted by molar-refractivity contribution is 5.54. The molecule has 0 fully saturated rings. The Bertz CT molecular complexity index is 583. The largest absolute Gasteiger partial charge is 0.444 e. The molecule has 1 aromatic heterocycles. The van der Waals surface area contributed by atoms with Gasteiger partial charge in [0.2, 0.25) is 5.89 Å². The summed E-state index contributed by atoms with van der Waals surface area (Å²) in [6.45, 7) is 13.8. The molecule has 2 rings (SSSR count). The highest BCUT2D eigenvalue weighted by atomic mass is 16.3. The van der Waals surface area contributed by atoms with Crippen molar-refractivity contribution in [3.05, 3.63) is 41.8 Å². The number of nitrogens with zero attached hydrogens (tertiary/aromatic N) is 1. The molecule has 0 aliphatic heterocycles. The Morgan fingerprint density at radius 2 is 1.62 bits per heavy atom. The maximum atomic E-state index is 5.59. The minimum atomic E-state index is 0.0769. The van der Waals surface area contributed by atoms with Gasteiger partial charge in [0.05, 0.1) is 5.69 Å². The number of hydrogen-bond donors (Lipinski definition) is 1. The zero-order valence-corrected chi connectivity index (χ0v) is 13.9. The molecule has 1 N–H and O–H groups in total. The molecule has 0 atom stereocenters. The fraction of sp³-hybridized carbons (Fsp3) is 0.500. The van der Waals surface area contributed by atoms with E-state index in [4.69, 9.17) is 4.42 Å². The topological polar surface area (TPSA) is 38.1 Å². The molecule has 0 amide bonds. The first-order valence-corrected chi connectivity index (χ1v) is 7.45. The van der Waals surface area contributed by atoms with Crippen molar-refractivity contribution in [3.63, 3.8) is 0 Å². The van der Waals surface area contributed by atoms with E-state index in [0.29, 0.717) is 12.4 Å². The van der Waals surface area contributed by atoms with E-state index in [1.807, 2.05) is 0 Å². The van der Waals surface area contributed by atoms with Crippen molar-refractivity contribution >= 4 is 0 Å². The number of aromatic nitrogens is 1. The molecule has 1 heterocycles. The first-order chi connectivity index (χ1) is 9.65. The highest BCUT2D eigenvalue weighted by Crippen LogP contribution is 2.25. The molecular formula is C18H26N2O. The zero-order chi connectivity index (χ0) is 15.7. The third-order valence-electron chi connectivity index (χ3n) is 3.35. The minimum Gasteiger partial charge on any atom is -0.444 e. The van der Waals surface area contributed by atoms with E-state index in [1.165, 1.54) is 5.56 Å². The first kappa shape index (κ1) is 15.8. The van der Waals surface area contributed by atoms with Crippen LogP contribution in [0.2, 0.25) is 0 Å². The van der Waals surface area contributed by atoms with Crippen LogP contribution in [-0.2, 0) is 12.0 Å². The molecule has 0 spiro atoms. The van der Waals surface area contributed by atoms with Gasteiger partial charge in [-0.1, -0.05) is 32.9 Å². The van der Waals surface area contributed by atoms with Gasteiger partial charge in [0.25, 0.3) is 0 Å². The van der Waals surface area contributed by atoms with Crippen LogP contribution in [0.5, 0.6) is 0 Å². The molecule has 3 nitrogen and oxygen atoms in total. The second-order valence-electron chi connectivity index (χ2n) is 7.57. The van der Waals surface area contributed by atoms with Crippen LogP contribution in [-0.4, -0.2) is 10.5 Å². The van der Waals surface area contributed by atoms with Crippen LogP contribution < -0.4 is 5.32 Å². The molecule has 21 heavy (non-hydrogen) atoms. The number of oxazole rings is 1. The molecule has 114 valence electrons. The van der Waals surface area contributed by atoms with Crippen molar-refractivity contribution in [2.24, 2.45) is 0 Å². The summed E-state index contributed by atoms with van der Waals surface area (Å²) in [5.41, 5.74) is 3.50. The minimum absolute atomic E-state index is 0.0769. The van der Waals surface area contributed by atoms with Crippen LogP contribution in [0.4, 0.5) is 0 Å². The van der Waals surface area contributed by atoms with Gasteiger partial charge in [0.1, 0.15) is 6.26 Å². The molecule has 1 aromatic carbocycles. The fourth-order valence-electron chi connectivity index (χ4n) is 1.99. The van der Waals surface area contributed by atoms with Crippen LogP contribution in [0, 0.1) is 0 Å². The quantitative estimate of drug-likeness (QED) is 0.901. The Hall–Kier alpha value is -1.61. The van der Waals surface area contributed by atoms with Gasteiger partial charge < -0.3 is 9.73 Å². The molecule has 0 aliphatic carbocycles. The standard InChI is InChI=1S/C18H26N2O/c1-17(2,3)14-9-7-13(8-10-14)16-20-15(12-21-16)11-19-18(4,5)6/h7-10,12,19H,11H2,1-6H3. The van der Waals surface area contributed by atoms with Gasteiger partial charge in [-0.3, -0.25) is 0 Å². The summed E-state index contributed by atoms with van der Waals surface area (Å²) in [6, 6.07) is 8.44. The van der Waals surface area contributed by atoms with E-state index in [-0.39, 0.29) is 11.0 Å². The normalized spacial score (nSPS) is 12.7. The van der Waals surface area contributed by atoms with Crippen molar-refractivity contribution < 1.29 is 4.42 Å². The van der Waals surface area contributed by atoms with Gasteiger partial charge in [0, 0.05) is 17.6 Å². The van der Waals surface area contributed by atoms with Crippen molar-refractivity contribution in [1.82, 2.24) is 10.3 Å². The van der Waals surface area contributed by atoms with Crippen LogP contribution in [0.3, 0.4) is 0 Å². The van der Waals surface area contributed by atoms with Gasteiger partial charge in [-0.15, -0.1) is 0 Å². The summed E-state index contributed by atoms with van der Waals surface area (Å²) in [5.74, 6) is 0.682. The van der Waals surface area contributed by atoms with E-state index in [1.54, 1.807) is 6.26 Å². The molecule has 2 aromatic rings. The monoisotopic (exact) mass is 286 g/mol. The van der Waals surface area contributed by atoms with E-state index in [9.17, 15) is 0 Å². The molecule has 0 aliphatic rings. The average Bonchev–Trinajstić information content (AvgIpc) is 2.83. The smallest absolute Gasteiger partial charge is 0.226 e. The summed E-state index contributed by atoms with van der Waals surface area (Å²) < 4.78 is 5.59. The van der Waals surface area contributed by atoms with Crippen molar-refractivity contribution in [2.75, 3.05) is 0 Å². The summed E-state index contributed by atoms with van der Waals surface area (Å²) in [7, 11) is 0. The number of hydrogen-bond acceptors (Lipinski definition) is 3. The molecule has 0 unspecified atom stereocenters. The summed E-state index contributed by atoms with van der Waals surface area (Å²) >= 11 is 0. The lowest BCUT2D eigenvalue weighted by atomic mass is 9.87. The Balaban J connectivity index is 2.11. The van der Waals surface area contributed by atoms with Gasteiger partial charge >= 0.3 is 0 Å². The predicted molar refractivity (Wildman–Crippen MR) is 87.2 cm³/mol. The average molecular weight is 286 g/mol. The van der Waals surface area contributed by atoms with Gasteiger partial charge in [-0.05, 0) is 43.9 Å². The Labute approximate surface area is 127 Å². The molecule has 3 heteroatoms. The van der Waals surface area contributed by atoms with Crippen molar-refractivity contribution in [3.8, 4) is 11.5 Å². The van der Waals surface area contributed by atoms with Crippen LogP contribution in [0.1, 0.15) is 52.8 Å². The third kappa shape index (κ3) is 4.43. The van der Waals surface area contributed by atoms with E-state index in [2.05, 4.69) is 76.1 Å². The summed E-state index contributed by atoms with van der Waals surface area (Å²) in [4.78, 5) is 4.55. The second-order valence-corrected chi connectivity index (χ2v) is 7.57.